The number of nitrogens with zero attached hydrogens (tertiary/aromatic N) is 1. The topological polar surface area (TPSA) is 38.7 Å². The lowest BCUT2D eigenvalue weighted by Crippen LogP contribution is -2.13. The fourth-order valence-corrected chi connectivity index (χ4v) is 4.24. The number of hydrogen-bond acceptors (Lipinski definition) is 4. The Bertz CT molecular complexity index is 1220. The molecule has 0 radical (unpaired) electrons. The number of alkyl halides is 6. The van der Waals surface area contributed by atoms with E-state index in [4.69, 9.17) is 4.74 Å². The molecule has 2 unspecified atom stereocenters. The van der Waals surface area contributed by atoms with Crippen LogP contribution < -0.4 is 4.74 Å². The molecule has 0 spiro atoms. The van der Waals surface area contributed by atoms with Gasteiger partial charge in [-0.1, -0.05) is 65.3 Å². The van der Waals surface area contributed by atoms with Crippen LogP contribution in [-0.2, 0) is 12.6 Å². The Morgan fingerprint density at radius 2 is 1.57 bits per heavy atom. The largest absolute Gasteiger partial charge is 0.457 e. The van der Waals surface area contributed by atoms with Gasteiger partial charge in [0.2, 0.25) is 0 Å². The minimum absolute atomic E-state index is 0.0636. The maximum Gasteiger partial charge on any atom is 0.447 e. The number of ether oxygens (including phenoxy) is 1. The van der Waals surface area contributed by atoms with Gasteiger partial charge >= 0.3 is 11.7 Å². The van der Waals surface area contributed by atoms with Crippen molar-refractivity contribution in [3.8, 4) is 11.5 Å². The van der Waals surface area contributed by atoms with E-state index in [1.807, 2.05) is 27.7 Å². The molecule has 10 heteroatoms. The van der Waals surface area contributed by atoms with E-state index in [-0.39, 0.29) is 28.5 Å². The lowest BCUT2D eigenvalue weighted by molar-refractivity contribution is -0.137. The minimum atomic E-state index is -4.37. The van der Waals surface area contributed by atoms with E-state index in [2.05, 4.69) is 11.6 Å². The third-order valence-corrected chi connectivity index (χ3v) is 7.36. The zero-order valence-corrected chi connectivity index (χ0v) is 25.6. The van der Waals surface area contributed by atoms with Gasteiger partial charge in [0, 0.05) is 35.0 Å². The minimum Gasteiger partial charge on any atom is -0.457 e. The van der Waals surface area contributed by atoms with Crippen LogP contribution in [0.25, 0.3) is 0 Å². The number of halogens is 6. The van der Waals surface area contributed by atoms with E-state index in [0.717, 1.165) is 36.1 Å². The van der Waals surface area contributed by atoms with Crippen LogP contribution in [0.1, 0.15) is 82.3 Å². The molecule has 0 amide bonds. The zero-order chi connectivity index (χ0) is 32.1. The van der Waals surface area contributed by atoms with E-state index >= 15 is 0 Å². The molecule has 0 saturated carbocycles. The molecule has 0 fully saturated rings. The molecule has 2 aromatic carbocycles. The fraction of sp³-hybridized carbons (Fsp3) is 0.438. The Balaban J connectivity index is 0.000000430. The number of hydrogen-bond donors (Lipinski definition) is 0. The summed E-state index contributed by atoms with van der Waals surface area (Å²) in [7, 11) is 0. The average molecular weight is 616 g/mol. The number of allylic oxidation sites excluding steroid dienone is 2. The monoisotopic (exact) mass is 615 g/mol. The number of benzene rings is 2. The third-order valence-electron chi connectivity index (χ3n) is 6.41. The summed E-state index contributed by atoms with van der Waals surface area (Å²) in [4.78, 5) is 15.7. The van der Waals surface area contributed by atoms with Gasteiger partial charge in [0.15, 0.2) is 5.78 Å². The van der Waals surface area contributed by atoms with Crippen LogP contribution in [-0.4, -0.2) is 16.3 Å². The van der Waals surface area contributed by atoms with Crippen LogP contribution in [0.3, 0.4) is 0 Å². The molecule has 0 aromatic heterocycles. The van der Waals surface area contributed by atoms with Crippen LogP contribution >= 0.6 is 11.8 Å². The van der Waals surface area contributed by atoms with Crippen LogP contribution in [0, 0.1) is 11.8 Å². The lowest BCUT2D eigenvalue weighted by Gasteiger charge is -2.14. The van der Waals surface area contributed by atoms with Gasteiger partial charge in [0.25, 0.3) is 0 Å². The van der Waals surface area contributed by atoms with Crippen molar-refractivity contribution < 1.29 is 35.9 Å². The molecule has 3 nitrogen and oxygen atoms in total. The van der Waals surface area contributed by atoms with Crippen molar-refractivity contribution in [2.75, 3.05) is 0 Å². The molecule has 2 rings (SSSR count). The Hall–Kier alpha value is -3.01. The first-order valence-electron chi connectivity index (χ1n) is 13.7. The number of carbonyl (C=O) groups excluding carboxylic acids is 1. The molecule has 0 saturated heterocycles. The quantitative estimate of drug-likeness (QED) is 0.0830. The average Bonchev–Trinajstić information content (AvgIpc) is 2.91. The molecule has 0 aliphatic carbocycles. The summed E-state index contributed by atoms with van der Waals surface area (Å²) in [6, 6.07) is 9.66. The maximum absolute atomic E-state index is 12.6. The highest BCUT2D eigenvalue weighted by atomic mass is 32.2. The summed E-state index contributed by atoms with van der Waals surface area (Å²) >= 11 is -0.131. The number of carbonyl (C=O) groups is 1. The highest BCUT2D eigenvalue weighted by Gasteiger charge is 2.32. The van der Waals surface area contributed by atoms with E-state index in [0.29, 0.717) is 35.8 Å². The van der Waals surface area contributed by atoms with Crippen molar-refractivity contribution in [3.63, 3.8) is 0 Å². The van der Waals surface area contributed by atoms with Gasteiger partial charge in [0.1, 0.15) is 11.5 Å². The summed E-state index contributed by atoms with van der Waals surface area (Å²) in [5.41, 5.74) is -2.77. The Labute approximate surface area is 249 Å². The standard InChI is InChI=1S/C18H17F3O2.C14H22F3NS/c1-3-5-16-15(12(2)22)6-4-7-17(16)23-14-10-8-13(9-11-14)18(19,20)21;1-6-10(3)12(5)8-9-18-13(11(4)7-2)19-14(15,16)17/h4,6-11H,3,5H2,1-2H3;8-11H,5-7H2,1-4H3/b;9-8-,18-13?. The maximum atomic E-state index is 12.6. The normalized spacial score (nSPS) is 13.8. The van der Waals surface area contributed by atoms with Gasteiger partial charge in [-0.25, -0.2) is 0 Å². The van der Waals surface area contributed by atoms with E-state index < -0.39 is 17.2 Å². The number of rotatable bonds is 11. The van der Waals surface area contributed by atoms with Crippen molar-refractivity contribution in [1.29, 1.82) is 0 Å². The highest BCUT2D eigenvalue weighted by molar-refractivity contribution is 8.14. The summed E-state index contributed by atoms with van der Waals surface area (Å²) in [6.45, 7) is 15.0. The van der Waals surface area contributed by atoms with E-state index in [1.54, 1.807) is 31.2 Å². The van der Waals surface area contributed by atoms with Crippen molar-refractivity contribution in [2.24, 2.45) is 16.8 Å². The number of aliphatic imine (C=N–C) groups is 1. The fourth-order valence-electron chi connectivity index (χ4n) is 3.52. The Kier molecular flexibility index (Phi) is 15.1. The van der Waals surface area contributed by atoms with Crippen molar-refractivity contribution in [2.45, 2.75) is 78.9 Å². The van der Waals surface area contributed by atoms with Crippen LogP contribution in [0.2, 0.25) is 0 Å². The van der Waals surface area contributed by atoms with Gasteiger partial charge in [-0.2, -0.15) is 26.3 Å². The van der Waals surface area contributed by atoms with E-state index in [9.17, 15) is 31.1 Å². The van der Waals surface area contributed by atoms with Crippen LogP contribution in [0.15, 0.2) is 71.9 Å². The second-order valence-corrected chi connectivity index (χ2v) is 10.8. The smallest absolute Gasteiger partial charge is 0.447 e. The molecule has 2 aromatic rings. The highest BCUT2D eigenvalue weighted by Crippen LogP contribution is 2.35. The lowest BCUT2D eigenvalue weighted by atomic mass is 9.99. The van der Waals surface area contributed by atoms with Crippen molar-refractivity contribution in [1.82, 2.24) is 0 Å². The summed E-state index contributed by atoms with van der Waals surface area (Å²) < 4.78 is 80.7. The van der Waals surface area contributed by atoms with Crippen LogP contribution in [0.4, 0.5) is 26.3 Å². The molecule has 0 aliphatic rings. The van der Waals surface area contributed by atoms with Crippen molar-refractivity contribution >= 4 is 22.6 Å². The van der Waals surface area contributed by atoms with Gasteiger partial charge in [-0.3, -0.25) is 9.79 Å². The van der Waals surface area contributed by atoms with Crippen molar-refractivity contribution in [3.05, 3.63) is 83.6 Å². The van der Waals surface area contributed by atoms with E-state index in [1.165, 1.54) is 25.3 Å². The third kappa shape index (κ3) is 12.9. The Morgan fingerprint density at radius 3 is 2.05 bits per heavy atom. The SMILES string of the molecule is C=C(/C=C\N=C(SC(F)(F)F)C(C)CC)C(C)CC.CCCc1c(Oc2ccc(C(F)(F)F)cc2)cccc1C(C)=O. The summed E-state index contributed by atoms with van der Waals surface area (Å²) in [5.74, 6) is 0.851. The second kappa shape index (κ2) is 17.2. The molecule has 2 atom stereocenters. The molecular weight excluding hydrogens is 576 g/mol. The second-order valence-electron chi connectivity index (χ2n) is 9.74. The first kappa shape index (κ1) is 37.0. The molecule has 42 heavy (non-hydrogen) atoms. The number of ketones is 1. The zero-order valence-electron chi connectivity index (χ0n) is 24.8. The van der Waals surface area contributed by atoms with Crippen LogP contribution in [0.5, 0.6) is 11.5 Å². The molecule has 0 N–H and O–H groups in total. The predicted octanol–water partition coefficient (Wildman–Crippen LogP) is 11.5. The molecule has 232 valence electrons. The van der Waals surface area contributed by atoms with Gasteiger partial charge in [0.05, 0.1) is 10.6 Å². The first-order chi connectivity index (χ1) is 19.5. The molecule has 0 bridgehead atoms. The number of Topliss-reactive ketones (excluding diaryl/α,β-unsaturated/α-hetero) is 1. The Morgan fingerprint density at radius 1 is 0.976 bits per heavy atom. The first-order valence-corrected chi connectivity index (χ1v) is 14.5. The van der Waals surface area contributed by atoms with Gasteiger partial charge in [-0.15, -0.1) is 0 Å². The molecular formula is C32H39F6NO2S. The van der Waals surface area contributed by atoms with Gasteiger partial charge < -0.3 is 4.74 Å². The summed E-state index contributed by atoms with van der Waals surface area (Å²) in [6.07, 6.45) is 1.80. The molecule has 0 aliphatic heterocycles. The van der Waals surface area contributed by atoms with Gasteiger partial charge in [-0.05, 0) is 68.5 Å². The summed E-state index contributed by atoms with van der Waals surface area (Å²) in [5, 5.41) is 0.100. The molecule has 0 heterocycles. The number of thioether (sulfide) groups is 1. The predicted molar refractivity (Wildman–Crippen MR) is 160 cm³/mol.